The maximum atomic E-state index is 11.2. The molecule has 1 aromatic rings. The van der Waals surface area contributed by atoms with Gasteiger partial charge in [0, 0.05) is 11.1 Å². The summed E-state index contributed by atoms with van der Waals surface area (Å²) in [5.74, 6) is -1.04. The molecule has 0 saturated carbocycles. The Labute approximate surface area is 80.5 Å². The number of aliphatic hydroxyl groups is 1. The number of benzene rings is 1. The Hall–Kier alpha value is -1.88. The molecule has 0 spiro atoms. The van der Waals surface area contributed by atoms with E-state index in [1.807, 2.05) is 0 Å². The molecule has 4 N–H and O–H groups in total. The number of amides is 2. The van der Waals surface area contributed by atoms with Gasteiger partial charge in [-0.2, -0.15) is 0 Å². The first-order chi connectivity index (χ1) is 6.65. The van der Waals surface area contributed by atoms with Crippen molar-refractivity contribution in [2.45, 2.75) is 0 Å². The Bertz CT molecular complexity index is 363. The van der Waals surface area contributed by atoms with Crippen molar-refractivity contribution in [3.8, 4) is 0 Å². The zero-order valence-electron chi connectivity index (χ0n) is 7.36. The van der Waals surface area contributed by atoms with Crippen molar-refractivity contribution in [3.63, 3.8) is 0 Å². The first-order valence-electron chi connectivity index (χ1n) is 3.94. The molecule has 0 fully saturated rings. The lowest BCUT2D eigenvalue weighted by Gasteiger charge is -2.02. The van der Waals surface area contributed by atoms with Crippen LogP contribution in [0.1, 0.15) is 20.7 Å². The lowest BCUT2D eigenvalue weighted by atomic mass is 10.1. The number of aliphatic hydroxyl groups excluding tert-OH is 1. The van der Waals surface area contributed by atoms with Gasteiger partial charge in [0.25, 0.3) is 5.91 Å². The second-order valence-corrected chi connectivity index (χ2v) is 2.61. The number of nitrogens with one attached hydrogen (secondary N) is 1. The third kappa shape index (κ3) is 2.30. The van der Waals surface area contributed by atoms with Crippen molar-refractivity contribution >= 4 is 11.8 Å². The molecule has 0 atom stereocenters. The van der Waals surface area contributed by atoms with Crippen LogP contribution in [0.5, 0.6) is 0 Å². The van der Waals surface area contributed by atoms with Crippen LogP contribution in [0, 0.1) is 0 Å². The highest BCUT2D eigenvalue weighted by Gasteiger charge is 2.06. The highest BCUT2D eigenvalue weighted by molar-refractivity contribution is 5.98. The summed E-state index contributed by atoms with van der Waals surface area (Å²) in [5.41, 5.74) is 5.58. The summed E-state index contributed by atoms with van der Waals surface area (Å²) < 4.78 is 0. The van der Waals surface area contributed by atoms with E-state index in [9.17, 15) is 9.59 Å². The smallest absolute Gasteiger partial charge is 0.253 e. The van der Waals surface area contributed by atoms with Gasteiger partial charge in [-0.1, -0.05) is 6.07 Å². The number of carbonyl (C=O) groups is 2. The summed E-state index contributed by atoms with van der Waals surface area (Å²) in [4.78, 5) is 22.0. The van der Waals surface area contributed by atoms with Crippen LogP contribution in [0.15, 0.2) is 24.3 Å². The standard InChI is InChI=1S/C9H10N2O3/c10-8(13)6-2-1-3-7(4-6)9(14)11-5-12/h1-4,12H,5H2,(H2,10,13)(H,11,14). The Balaban J connectivity index is 2.93. The molecule has 2 amide bonds. The minimum Gasteiger partial charge on any atom is -0.376 e. The fourth-order valence-electron chi connectivity index (χ4n) is 0.988. The molecule has 0 aromatic heterocycles. The van der Waals surface area contributed by atoms with Crippen LogP contribution in [0.4, 0.5) is 0 Å². The Morgan fingerprint density at radius 1 is 1.36 bits per heavy atom. The van der Waals surface area contributed by atoms with E-state index >= 15 is 0 Å². The van der Waals surface area contributed by atoms with Gasteiger partial charge in [-0.15, -0.1) is 0 Å². The summed E-state index contributed by atoms with van der Waals surface area (Å²) in [7, 11) is 0. The Kier molecular flexibility index (Phi) is 3.19. The molecule has 0 aliphatic heterocycles. The van der Waals surface area contributed by atoms with Crippen LogP contribution in [0.25, 0.3) is 0 Å². The lowest BCUT2D eigenvalue weighted by Crippen LogP contribution is -2.24. The molecule has 0 heterocycles. The van der Waals surface area contributed by atoms with E-state index in [1.54, 1.807) is 6.07 Å². The SMILES string of the molecule is NC(=O)c1cccc(C(=O)NCO)c1. The van der Waals surface area contributed by atoms with E-state index in [1.165, 1.54) is 18.2 Å². The van der Waals surface area contributed by atoms with Crippen LogP contribution in [0.3, 0.4) is 0 Å². The van der Waals surface area contributed by atoms with Crippen molar-refractivity contribution in [1.82, 2.24) is 5.32 Å². The normalized spacial score (nSPS) is 9.50. The number of nitrogens with two attached hydrogens (primary N) is 1. The van der Waals surface area contributed by atoms with Crippen LogP contribution in [-0.2, 0) is 0 Å². The zero-order chi connectivity index (χ0) is 10.6. The monoisotopic (exact) mass is 194 g/mol. The molecule has 5 heteroatoms. The van der Waals surface area contributed by atoms with Gasteiger partial charge in [-0.05, 0) is 18.2 Å². The molecular weight excluding hydrogens is 184 g/mol. The summed E-state index contributed by atoms with van der Waals surface area (Å²) in [6.45, 7) is -0.445. The van der Waals surface area contributed by atoms with Crippen LogP contribution in [-0.4, -0.2) is 23.7 Å². The average Bonchev–Trinajstić information content (AvgIpc) is 2.18. The van der Waals surface area contributed by atoms with Gasteiger partial charge in [0.05, 0.1) is 0 Å². The maximum Gasteiger partial charge on any atom is 0.253 e. The van der Waals surface area contributed by atoms with Gasteiger partial charge < -0.3 is 16.2 Å². The predicted molar refractivity (Wildman–Crippen MR) is 49.5 cm³/mol. The van der Waals surface area contributed by atoms with E-state index in [-0.39, 0.29) is 11.1 Å². The lowest BCUT2D eigenvalue weighted by molar-refractivity contribution is 0.0910. The molecule has 1 rings (SSSR count). The number of carbonyl (C=O) groups excluding carboxylic acids is 2. The second-order valence-electron chi connectivity index (χ2n) is 2.61. The molecule has 0 aliphatic carbocycles. The van der Waals surface area contributed by atoms with E-state index in [4.69, 9.17) is 10.8 Å². The van der Waals surface area contributed by atoms with Crippen molar-refractivity contribution < 1.29 is 14.7 Å². The summed E-state index contributed by atoms with van der Waals surface area (Å²) >= 11 is 0. The predicted octanol–water partition coefficient (Wildman–Crippen LogP) is -0.535. The van der Waals surface area contributed by atoms with Gasteiger partial charge in [0.2, 0.25) is 5.91 Å². The van der Waals surface area contributed by atoms with Crippen molar-refractivity contribution in [2.75, 3.05) is 6.73 Å². The number of rotatable bonds is 3. The summed E-state index contributed by atoms with van der Waals surface area (Å²) in [6.07, 6.45) is 0. The Morgan fingerprint density at radius 3 is 2.57 bits per heavy atom. The molecule has 0 aliphatic rings. The van der Waals surface area contributed by atoms with Crippen molar-refractivity contribution in [2.24, 2.45) is 5.73 Å². The minimum atomic E-state index is -0.594. The second kappa shape index (κ2) is 4.38. The number of primary amides is 1. The Morgan fingerprint density at radius 2 is 2.00 bits per heavy atom. The molecule has 0 radical (unpaired) electrons. The topological polar surface area (TPSA) is 92.4 Å². The quantitative estimate of drug-likeness (QED) is 0.564. The maximum absolute atomic E-state index is 11.2. The highest BCUT2D eigenvalue weighted by atomic mass is 16.3. The molecule has 0 bridgehead atoms. The van der Waals surface area contributed by atoms with E-state index in [0.717, 1.165) is 0 Å². The van der Waals surface area contributed by atoms with Gasteiger partial charge in [0.15, 0.2) is 0 Å². The molecule has 14 heavy (non-hydrogen) atoms. The molecule has 0 unspecified atom stereocenters. The van der Waals surface area contributed by atoms with Crippen LogP contribution in [0.2, 0.25) is 0 Å². The fourth-order valence-corrected chi connectivity index (χ4v) is 0.988. The van der Waals surface area contributed by atoms with E-state index < -0.39 is 18.5 Å². The summed E-state index contributed by atoms with van der Waals surface area (Å²) in [5, 5.41) is 10.6. The fraction of sp³-hybridized carbons (Fsp3) is 0.111. The van der Waals surface area contributed by atoms with Gasteiger partial charge >= 0.3 is 0 Å². The van der Waals surface area contributed by atoms with E-state index in [2.05, 4.69) is 5.32 Å². The number of hydrogen-bond donors (Lipinski definition) is 3. The summed E-state index contributed by atoms with van der Waals surface area (Å²) in [6, 6.07) is 5.95. The van der Waals surface area contributed by atoms with E-state index in [0.29, 0.717) is 0 Å². The van der Waals surface area contributed by atoms with Crippen molar-refractivity contribution in [1.29, 1.82) is 0 Å². The van der Waals surface area contributed by atoms with Gasteiger partial charge in [0.1, 0.15) is 6.73 Å². The van der Waals surface area contributed by atoms with Crippen molar-refractivity contribution in [3.05, 3.63) is 35.4 Å². The average molecular weight is 194 g/mol. The largest absolute Gasteiger partial charge is 0.376 e. The van der Waals surface area contributed by atoms with Crippen LogP contribution >= 0.6 is 0 Å². The third-order valence-electron chi connectivity index (χ3n) is 1.65. The molecule has 5 nitrogen and oxygen atoms in total. The minimum absolute atomic E-state index is 0.260. The first-order valence-corrected chi connectivity index (χ1v) is 3.94. The van der Waals surface area contributed by atoms with Gasteiger partial charge in [-0.3, -0.25) is 9.59 Å². The van der Waals surface area contributed by atoms with Gasteiger partial charge in [-0.25, -0.2) is 0 Å². The highest BCUT2D eigenvalue weighted by Crippen LogP contribution is 2.04. The molecule has 1 aromatic carbocycles. The molecule has 74 valence electrons. The third-order valence-corrected chi connectivity index (χ3v) is 1.65. The molecular formula is C9H10N2O3. The zero-order valence-corrected chi connectivity index (χ0v) is 7.36. The van der Waals surface area contributed by atoms with Crippen LogP contribution < -0.4 is 11.1 Å². The molecule has 0 saturated heterocycles. The number of hydrogen-bond acceptors (Lipinski definition) is 3. The first kappa shape index (κ1) is 10.2.